The highest BCUT2D eigenvalue weighted by Crippen LogP contribution is 2.45. The minimum absolute atomic E-state index is 0.0886. The van der Waals surface area contributed by atoms with Crippen molar-refractivity contribution in [2.75, 3.05) is 19.7 Å². The monoisotopic (exact) mass is 398 g/mol. The maximum Gasteiger partial charge on any atom is 0.258 e. The molecule has 2 aromatic rings. The second kappa shape index (κ2) is 6.77. The molecule has 0 aromatic carbocycles. The molecule has 7 heteroatoms. The number of morpholine rings is 1. The number of amides is 1. The Bertz CT molecular complexity index is 939. The van der Waals surface area contributed by atoms with Gasteiger partial charge in [-0.25, -0.2) is 4.98 Å². The van der Waals surface area contributed by atoms with Crippen molar-refractivity contribution in [1.29, 1.82) is 0 Å². The molecule has 3 aliphatic rings. The molecule has 2 bridgehead atoms. The molecule has 5 rings (SSSR count). The Morgan fingerprint density at radius 2 is 1.97 bits per heavy atom. The summed E-state index contributed by atoms with van der Waals surface area (Å²) < 4.78 is 11.7. The first kappa shape index (κ1) is 19.0. The second-order valence-electron chi connectivity index (χ2n) is 9.36. The van der Waals surface area contributed by atoms with Crippen molar-refractivity contribution in [3.05, 3.63) is 23.0 Å². The number of hydrogen-bond donors (Lipinski definition) is 0. The van der Waals surface area contributed by atoms with E-state index in [1.54, 1.807) is 0 Å². The normalized spacial score (nSPS) is 30.0. The van der Waals surface area contributed by atoms with Crippen LogP contribution in [0.15, 0.2) is 10.6 Å². The van der Waals surface area contributed by atoms with E-state index in [0.717, 1.165) is 62.2 Å². The van der Waals surface area contributed by atoms with Gasteiger partial charge in [0.15, 0.2) is 0 Å². The molecule has 7 nitrogen and oxygen atoms in total. The standard InChI is InChI=1S/C22H30N4O3/c1-13(2)25-7-8-28-22(12-25)10-16-5-6-17(11-22)26(16)21(27)18-9-14(3)23-20-19(18)15(4)24-29-20/h9,13,16-17H,5-8,10-12H2,1-4H3/t16-,17+,22?. The number of fused-ring (bicyclic) bond motifs is 3. The third-order valence-electron chi connectivity index (χ3n) is 7.05. The van der Waals surface area contributed by atoms with Crippen LogP contribution in [0.25, 0.3) is 11.1 Å². The summed E-state index contributed by atoms with van der Waals surface area (Å²) in [5.41, 5.74) is 2.52. The maximum atomic E-state index is 13.7. The Labute approximate surface area is 171 Å². The van der Waals surface area contributed by atoms with E-state index in [2.05, 4.69) is 33.8 Å². The molecular formula is C22H30N4O3. The molecule has 1 unspecified atom stereocenters. The summed E-state index contributed by atoms with van der Waals surface area (Å²) >= 11 is 0. The van der Waals surface area contributed by atoms with Crippen molar-refractivity contribution in [3.63, 3.8) is 0 Å². The van der Waals surface area contributed by atoms with Gasteiger partial charge in [-0.2, -0.15) is 0 Å². The number of aromatic nitrogens is 2. The zero-order valence-electron chi connectivity index (χ0n) is 17.8. The first-order valence-corrected chi connectivity index (χ1v) is 10.8. The topological polar surface area (TPSA) is 71.7 Å². The fraction of sp³-hybridized carbons (Fsp3) is 0.682. The molecule has 0 saturated carbocycles. The number of aryl methyl sites for hydroxylation is 2. The molecule has 5 heterocycles. The molecule has 156 valence electrons. The Balaban J connectivity index is 1.45. The summed E-state index contributed by atoms with van der Waals surface area (Å²) in [6.07, 6.45) is 3.96. The molecule has 3 atom stereocenters. The zero-order chi connectivity index (χ0) is 20.3. The maximum absolute atomic E-state index is 13.7. The minimum Gasteiger partial charge on any atom is -0.372 e. The van der Waals surface area contributed by atoms with Crippen LogP contribution in [-0.4, -0.2) is 69.3 Å². The lowest BCUT2D eigenvalue weighted by atomic mass is 9.83. The Morgan fingerprint density at radius 3 is 2.66 bits per heavy atom. The van der Waals surface area contributed by atoms with Crippen molar-refractivity contribution < 1.29 is 14.1 Å². The smallest absolute Gasteiger partial charge is 0.258 e. The molecule has 0 N–H and O–H groups in total. The molecule has 3 fully saturated rings. The number of rotatable bonds is 2. The number of nitrogens with zero attached hydrogens (tertiary/aromatic N) is 4. The SMILES string of the molecule is Cc1cc(C(=O)N2[C@@H]3CC[C@H]2CC2(C3)CN(C(C)C)CCO2)c2c(C)noc2n1. The quantitative estimate of drug-likeness (QED) is 0.774. The van der Waals surface area contributed by atoms with Gasteiger partial charge in [-0.15, -0.1) is 0 Å². The number of ether oxygens (including phenoxy) is 1. The molecule has 0 radical (unpaired) electrons. The highest BCUT2D eigenvalue weighted by molar-refractivity contribution is 6.06. The predicted octanol–water partition coefficient (Wildman–Crippen LogP) is 3.09. The Morgan fingerprint density at radius 1 is 1.24 bits per heavy atom. The number of hydrogen-bond acceptors (Lipinski definition) is 6. The summed E-state index contributed by atoms with van der Waals surface area (Å²) in [5.74, 6) is 0.0886. The van der Waals surface area contributed by atoms with Gasteiger partial charge in [-0.3, -0.25) is 9.69 Å². The lowest BCUT2D eigenvalue weighted by molar-refractivity contribution is -0.149. The van der Waals surface area contributed by atoms with E-state index in [0.29, 0.717) is 17.3 Å². The van der Waals surface area contributed by atoms with Gasteiger partial charge in [0.1, 0.15) is 0 Å². The lowest BCUT2D eigenvalue weighted by Gasteiger charge is -2.51. The fourth-order valence-electron chi connectivity index (χ4n) is 5.72. The third kappa shape index (κ3) is 3.06. The van der Waals surface area contributed by atoms with Crippen LogP contribution < -0.4 is 0 Å². The highest BCUT2D eigenvalue weighted by atomic mass is 16.5. The average molecular weight is 399 g/mol. The van der Waals surface area contributed by atoms with Crippen LogP contribution in [0, 0.1) is 13.8 Å². The van der Waals surface area contributed by atoms with Crippen molar-refractivity contribution in [2.24, 2.45) is 0 Å². The fourth-order valence-corrected chi connectivity index (χ4v) is 5.72. The Kier molecular flexibility index (Phi) is 4.44. The summed E-state index contributed by atoms with van der Waals surface area (Å²) in [4.78, 5) is 22.8. The molecular weight excluding hydrogens is 368 g/mol. The van der Waals surface area contributed by atoms with Crippen molar-refractivity contribution in [3.8, 4) is 0 Å². The number of pyridine rings is 1. The second-order valence-corrected chi connectivity index (χ2v) is 9.36. The van der Waals surface area contributed by atoms with Crippen LogP contribution in [0.4, 0.5) is 0 Å². The number of carbonyl (C=O) groups excluding carboxylic acids is 1. The summed E-state index contributed by atoms with van der Waals surface area (Å²) in [6, 6.07) is 2.88. The molecule has 0 aliphatic carbocycles. The molecule has 29 heavy (non-hydrogen) atoms. The zero-order valence-corrected chi connectivity index (χ0v) is 17.8. The van der Waals surface area contributed by atoms with E-state index in [9.17, 15) is 4.79 Å². The third-order valence-corrected chi connectivity index (χ3v) is 7.05. The van der Waals surface area contributed by atoms with Gasteiger partial charge >= 0.3 is 0 Å². The van der Waals surface area contributed by atoms with Gasteiger partial charge < -0.3 is 14.2 Å². The van der Waals surface area contributed by atoms with Crippen LogP contribution in [0.1, 0.15) is 61.3 Å². The lowest BCUT2D eigenvalue weighted by Crippen LogP contribution is -2.61. The van der Waals surface area contributed by atoms with Gasteiger partial charge in [-0.1, -0.05) is 5.16 Å². The van der Waals surface area contributed by atoms with Gasteiger partial charge in [0.05, 0.1) is 28.9 Å². The summed E-state index contributed by atoms with van der Waals surface area (Å²) in [6.45, 7) is 11.0. The predicted molar refractivity (Wildman–Crippen MR) is 109 cm³/mol. The van der Waals surface area contributed by atoms with Crippen molar-refractivity contribution in [2.45, 2.75) is 77.1 Å². The van der Waals surface area contributed by atoms with Crippen LogP contribution in [0.3, 0.4) is 0 Å². The van der Waals surface area contributed by atoms with Crippen molar-refractivity contribution in [1.82, 2.24) is 19.9 Å². The van der Waals surface area contributed by atoms with E-state index in [4.69, 9.17) is 9.26 Å². The van der Waals surface area contributed by atoms with E-state index < -0.39 is 0 Å². The first-order valence-electron chi connectivity index (χ1n) is 10.8. The molecule has 1 amide bonds. The van der Waals surface area contributed by atoms with Gasteiger partial charge in [0.25, 0.3) is 11.6 Å². The van der Waals surface area contributed by atoms with Gasteiger partial charge in [-0.05, 0) is 59.4 Å². The summed E-state index contributed by atoms with van der Waals surface area (Å²) in [7, 11) is 0. The van der Waals surface area contributed by atoms with Gasteiger partial charge in [0.2, 0.25) is 0 Å². The average Bonchev–Trinajstić information content (AvgIpc) is 3.18. The molecule has 1 spiro atoms. The van der Waals surface area contributed by atoms with E-state index >= 15 is 0 Å². The van der Waals surface area contributed by atoms with Crippen molar-refractivity contribution >= 4 is 17.0 Å². The van der Waals surface area contributed by atoms with E-state index in [-0.39, 0.29) is 23.6 Å². The van der Waals surface area contributed by atoms with Gasteiger partial charge in [0, 0.05) is 36.9 Å². The molecule has 3 saturated heterocycles. The van der Waals surface area contributed by atoms with Crippen LogP contribution in [0.2, 0.25) is 0 Å². The minimum atomic E-state index is -0.109. The summed E-state index contributed by atoms with van der Waals surface area (Å²) in [5, 5.41) is 4.79. The molecule has 3 aliphatic heterocycles. The van der Waals surface area contributed by atoms with Crippen LogP contribution >= 0.6 is 0 Å². The Hall–Kier alpha value is -1.99. The number of piperidine rings is 1. The van der Waals surface area contributed by atoms with E-state index in [1.807, 2.05) is 19.9 Å². The molecule has 2 aromatic heterocycles. The largest absolute Gasteiger partial charge is 0.372 e. The van der Waals surface area contributed by atoms with Crippen LogP contribution in [0.5, 0.6) is 0 Å². The van der Waals surface area contributed by atoms with E-state index in [1.165, 1.54) is 0 Å². The highest BCUT2D eigenvalue weighted by Gasteiger charge is 2.52. The van der Waals surface area contributed by atoms with Crippen LogP contribution in [-0.2, 0) is 4.74 Å². The number of carbonyl (C=O) groups is 1. The first-order chi connectivity index (χ1) is 13.9.